The number of anilines is 3. The third-order valence-corrected chi connectivity index (χ3v) is 11.3. The number of nitriles is 1. The number of ketones is 1. The first-order chi connectivity index (χ1) is 28.1. The number of hydrogen-bond donors (Lipinski definition) is 2. The molecule has 1 saturated heterocycles. The molecular weight excluding hydrogens is 773 g/mol. The Hall–Kier alpha value is -4.48. The number of hydrogen-bond acceptors (Lipinski definition) is 11. The predicted octanol–water partition coefficient (Wildman–Crippen LogP) is 12.5. The molecule has 6 rings (SSSR count). The lowest BCUT2D eigenvalue weighted by atomic mass is 9.93. The normalized spacial score (nSPS) is 16.1. The Morgan fingerprint density at radius 1 is 1.02 bits per heavy atom. The van der Waals surface area contributed by atoms with Gasteiger partial charge in [0.25, 0.3) is 0 Å². The summed E-state index contributed by atoms with van der Waals surface area (Å²) in [6.07, 6.45) is 7.64. The number of nitrogens with one attached hydrogen (secondary N) is 2. The van der Waals surface area contributed by atoms with Crippen molar-refractivity contribution < 1.29 is 27.8 Å². The standard InChI is InChI=1S/C35H39F2N7O4S.2C4H10.C2H6/c1-8-9-23(18(4)45)40-31-26-21-15-47-14-20(21)24(27(37)29(26)41-33(42-31)44-11-10-16(2)17(44)3)28-25-19(12-38)32(43-34(46)48-35(5,6)7)49-30(25)22(36)13-39-28;2*1-3-4-2;1-2/h13,16-17,23H,8-11,14-15H2,1-7H3,(H,43,46)(H,40,41,42);2*3-4H2,1-2H3;1-2H3. The van der Waals surface area contributed by atoms with Gasteiger partial charge in [-0.2, -0.15) is 10.2 Å². The van der Waals surface area contributed by atoms with E-state index in [-0.39, 0.29) is 62.5 Å². The maximum Gasteiger partial charge on any atom is 0.412 e. The Morgan fingerprint density at radius 2 is 1.64 bits per heavy atom. The third kappa shape index (κ3) is 11.4. The van der Waals surface area contributed by atoms with Crippen LogP contribution in [-0.4, -0.2) is 51.1 Å². The quantitative estimate of drug-likeness (QED) is 0.158. The number of aromatic nitrogens is 3. The highest BCUT2D eigenvalue weighted by molar-refractivity contribution is 7.23. The van der Waals surface area contributed by atoms with Crippen molar-refractivity contribution in [1.82, 2.24) is 15.0 Å². The molecular formula is C45H65F2N7O4S. The molecule has 3 unspecified atom stereocenters. The zero-order valence-electron chi connectivity index (χ0n) is 37.4. The molecule has 59 heavy (non-hydrogen) atoms. The highest BCUT2D eigenvalue weighted by Crippen LogP contribution is 2.47. The summed E-state index contributed by atoms with van der Waals surface area (Å²) >= 11 is 0.840. The van der Waals surface area contributed by atoms with Crippen LogP contribution in [0.1, 0.15) is 152 Å². The number of nitrogens with zero attached hydrogens (tertiary/aromatic N) is 5. The van der Waals surface area contributed by atoms with Gasteiger partial charge in [-0.05, 0) is 64.5 Å². The van der Waals surface area contributed by atoms with Gasteiger partial charge < -0.3 is 19.7 Å². The van der Waals surface area contributed by atoms with Gasteiger partial charge in [0.15, 0.2) is 17.4 Å². The molecule has 1 amide bonds. The second-order valence-electron chi connectivity index (χ2n) is 15.7. The van der Waals surface area contributed by atoms with E-state index in [0.29, 0.717) is 47.2 Å². The molecule has 1 fully saturated rings. The molecule has 4 aromatic rings. The lowest BCUT2D eigenvalue weighted by molar-refractivity contribution is -0.117. The number of carbonyl (C=O) groups is 2. The van der Waals surface area contributed by atoms with Gasteiger partial charge in [-0.3, -0.25) is 15.1 Å². The average molecular weight is 838 g/mol. The van der Waals surface area contributed by atoms with Crippen LogP contribution in [-0.2, 0) is 27.5 Å². The first-order valence-corrected chi connectivity index (χ1v) is 22.1. The number of rotatable bonds is 10. The minimum absolute atomic E-state index is 0.00239. The first kappa shape index (κ1) is 48.9. The van der Waals surface area contributed by atoms with Crippen molar-refractivity contribution in [2.75, 3.05) is 22.1 Å². The number of pyridine rings is 1. The molecule has 2 N–H and O–H groups in total. The Kier molecular flexibility index (Phi) is 18.4. The van der Waals surface area contributed by atoms with Crippen molar-refractivity contribution in [3.63, 3.8) is 0 Å². The molecule has 0 radical (unpaired) electrons. The van der Waals surface area contributed by atoms with Crippen molar-refractivity contribution >= 4 is 61.0 Å². The van der Waals surface area contributed by atoms with Crippen LogP contribution in [0.5, 0.6) is 0 Å². The minimum Gasteiger partial charge on any atom is -0.444 e. The summed E-state index contributed by atoms with van der Waals surface area (Å²) in [6.45, 7) is 26.3. The van der Waals surface area contributed by atoms with E-state index >= 15 is 8.78 Å². The number of fused-ring (bicyclic) bond motifs is 4. The van der Waals surface area contributed by atoms with E-state index in [1.165, 1.54) is 32.6 Å². The predicted molar refractivity (Wildman–Crippen MR) is 237 cm³/mol. The molecule has 0 bridgehead atoms. The molecule has 0 spiro atoms. The van der Waals surface area contributed by atoms with E-state index in [1.54, 1.807) is 20.8 Å². The summed E-state index contributed by atoms with van der Waals surface area (Å²) in [5, 5.41) is 16.7. The maximum absolute atomic E-state index is 17.4. The third-order valence-electron chi connectivity index (χ3n) is 10.2. The summed E-state index contributed by atoms with van der Waals surface area (Å²) in [5.41, 5.74) is 0.223. The van der Waals surface area contributed by atoms with Crippen molar-refractivity contribution in [3.8, 4) is 17.3 Å². The van der Waals surface area contributed by atoms with Crippen LogP contribution in [0.2, 0.25) is 0 Å². The smallest absolute Gasteiger partial charge is 0.412 e. The molecule has 2 aliphatic heterocycles. The van der Waals surface area contributed by atoms with Crippen LogP contribution in [0.3, 0.4) is 0 Å². The SMILES string of the molecule is CC.CCCC.CCCC.CCCC(Nc1nc(N2CCC(C)C2C)nc2c(F)c(-c3ncc(F)c4sc(NC(=O)OC(C)(C)C)c(C#N)c34)c3c(c12)COC3)C(C)=O. The highest BCUT2D eigenvalue weighted by Gasteiger charge is 2.35. The fourth-order valence-electron chi connectivity index (χ4n) is 6.56. The fourth-order valence-corrected chi connectivity index (χ4v) is 7.60. The van der Waals surface area contributed by atoms with Gasteiger partial charge >= 0.3 is 6.09 Å². The minimum atomic E-state index is -0.821. The van der Waals surface area contributed by atoms with Crippen molar-refractivity contribution in [1.29, 1.82) is 5.26 Å². The second-order valence-corrected chi connectivity index (χ2v) is 16.8. The average Bonchev–Trinajstić information content (AvgIpc) is 3.92. The molecule has 324 valence electrons. The first-order valence-electron chi connectivity index (χ1n) is 21.2. The fraction of sp³-hybridized carbons (Fsp3) is 0.600. The van der Waals surface area contributed by atoms with Crippen molar-refractivity contribution in [2.45, 2.75) is 166 Å². The van der Waals surface area contributed by atoms with Crippen LogP contribution in [0.4, 0.5) is 30.3 Å². The lowest BCUT2D eigenvalue weighted by Crippen LogP contribution is -2.32. The number of thiophene rings is 1. The summed E-state index contributed by atoms with van der Waals surface area (Å²) in [6, 6.07) is 1.60. The van der Waals surface area contributed by atoms with Gasteiger partial charge in [-0.1, -0.05) is 87.5 Å². The Bertz CT molecular complexity index is 2100. The van der Waals surface area contributed by atoms with E-state index in [0.717, 1.165) is 30.4 Å². The van der Waals surface area contributed by atoms with Gasteiger partial charge in [0.1, 0.15) is 28.0 Å². The monoisotopic (exact) mass is 837 g/mol. The van der Waals surface area contributed by atoms with E-state index in [9.17, 15) is 14.9 Å². The summed E-state index contributed by atoms with van der Waals surface area (Å²) < 4.78 is 44.0. The Morgan fingerprint density at radius 3 is 2.17 bits per heavy atom. The van der Waals surface area contributed by atoms with E-state index in [1.807, 2.05) is 25.7 Å². The van der Waals surface area contributed by atoms with Crippen LogP contribution in [0.15, 0.2) is 6.20 Å². The molecule has 5 heterocycles. The Labute approximate surface area is 353 Å². The second kappa shape index (κ2) is 22.2. The topological polar surface area (TPSA) is 142 Å². The van der Waals surface area contributed by atoms with Crippen LogP contribution in [0, 0.1) is 28.9 Å². The van der Waals surface area contributed by atoms with Gasteiger partial charge in [-0.15, -0.1) is 11.3 Å². The van der Waals surface area contributed by atoms with Crippen LogP contribution in [0.25, 0.3) is 32.2 Å². The van der Waals surface area contributed by atoms with Crippen molar-refractivity contribution in [2.24, 2.45) is 5.92 Å². The number of halogens is 2. The van der Waals surface area contributed by atoms with E-state index < -0.39 is 29.4 Å². The lowest BCUT2D eigenvalue weighted by Gasteiger charge is -2.26. The molecule has 0 aliphatic carbocycles. The number of ether oxygens (including phenoxy) is 2. The van der Waals surface area contributed by atoms with E-state index in [2.05, 4.69) is 63.2 Å². The molecule has 14 heteroatoms. The number of amides is 1. The zero-order valence-corrected chi connectivity index (χ0v) is 38.2. The molecule has 11 nitrogen and oxygen atoms in total. The van der Waals surface area contributed by atoms with Crippen LogP contribution >= 0.6 is 11.3 Å². The molecule has 0 saturated carbocycles. The van der Waals surface area contributed by atoms with Gasteiger partial charge in [-0.25, -0.2) is 18.6 Å². The molecule has 2 aliphatic rings. The van der Waals surface area contributed by atoms with Gasteiger partial charge in [0.05, 0.1) is 46.8 Å². The number of unbranched alkanes of at least 4 members (excludes halogenated alkanes) is 2. The largest absolute Gasteiger partial charge is 0.444 e. The highest BCUT2D eigenvalue weighted by atomic mass is 32.1. The molecule has 1 aromatic carbocycles. The van der Waals surface area contributed by atoms with Gasteiger partial charge in [0.2, 0.25) is 5.95 Å². The zero-order chi connectivity index (χ0) is 44.2. The van der Waals surface area contributed by atoms with Crippen molar-refractivity contribution in [3.05, 3.63) is 34.5 Å². The number of Topliss-reactive ketones (excluding diaryl/α,β-unsaturated/α-hetero) is 1. The maximum atomic E-state index is 17.4. The molecule has 3 aromatic heterocycles. The molecule has 3 atom stereocenters. The van der Waals surface area contributed by atoms with E-state index in [4.69, 9.17) is 19.4 Å². The summed E-state index contributed by atoms with van der Waals surface area (Å²) in [5.74, 6) is -0.522. The number of carbonyl (C=O) groups excluding carboxylic acids is 2. The summed E-state index contributed by atoms with van der Waals surface area (Å²) in [7, 11) is 0. The number of benzene rings is 1. The van der Waals surface area contributed by atoms with Gasteiger partial charge in [0, 0.05) is 23.5 Å². The van der Waals surface area contributed by atoms with Crippen LogP contribution < -0.4 is 15.5 Å². The summed E-state index contributed by atoms with van der Waals surface area (Å²) in [4.78, 5) is 41.5. The Balaban J connectivity index is 0.000000843.